The lowest BCUT2D eigenvalue weighted by Crippen LogP contribution is -2.29. The Morgan fingerprint density at radius 2 is 1.95 bits per heavy atom. The van der Waals surface area contributed by atoms with Crippen LogP contribution in [0.1, 0.15) is 29.5 Å². The second-order valence-corrected chi connectivity index (χ2v) is 6.14. The maximum Gasteiger partial charge on any atom is 0.123 e. The number of hydrogen-bond acceptors (Lipinski definition) is 1. The van der Waals surface area contributed by atoms with Gasteiger partial charge in [-0.1, -0.05) is 42.0 Å². The van der Waals surface area contributed by atoms with Crippen molar-refractivity contribution in [2.75, 3.05) is 5.32 Å². The molecule has 2 aromatic carbocycles. The van der Waals surface area contributed by atoms with E-state index in [9.17, 15) is 4.39 Å². The minimum absolute atomic E-state index is 0.164. The van der Waals surface area contributed by atoms with Crippen molar-refractivity contribution in [1.29, 1.82) is 0 Å². The molecule has 1 N–H and O–H groups in total. The topological polar surface area (TPSA) is 12.0 Å². The van der Waals surface area contributed by atoms with Crippen LogP contribution in [0.15, 0.2) is 54.6 Å². The second-order valence-electron chi connectivity index (χ2n) is 5.73. The van der Waals surface area contributed by atoms with Crippen molar-refractivity contribution in [3.05, 3.63) is 76.6 Å². The Morgan fingerprint density at radius 1 is 1.10 bits per heavy atom. The molecule has 1 heterocycles. The predicted octanol–water partition coefficient (Wildman–Crippen LogP) is 5.31. The molecule has 2 aromatic rings. The van der Waals surface area contributed by atoms with E-state index in [4.69, 9.17) is 11.6 Å². The predicted molar refractivity (Wildman–Crippen MR) is 84.2 cm³/mol. The average molecular weight is 300 g/mol. The molecule has 0 saturated carbocycles. The quantitative estimate of drug-likeness (QED) is 0.704. The summed E-state index contributed by atoms with van der Waals surface area (Å²) >= 11 is 6.38. The van der Waals surface area contributed by atoms with Gasteiger partial charge in [-0.25, -0.2) is 4.39 Å². The molecule has 1 aliphatic carbocycles. The lowest BCUT2D eigenvalue weighted by atomic mass is 9.77. The molecule has 0 amide bonds. The van der Waals surface area contributed by atoms with Crippen molar-refractivity contribution in [2.24, 2.45) is 5.92 Å². The summed E-state index contributed by atoms with van der Waals surface area (Å²) in [5.41, 5.74) is 3.18. The molecule has 3 heteroatoms. The maximum absolute atomic E-state index is 13.6. The fourth-order valence-corrected chi connectivity index (χ4v) is 3.85. The first-order valence-corrected chi connectivity index (χ1v) is 7.59. The van der Waals surface area contributed by atoms with Gasteiger partial charge in [-0.2, -0.15) is 0 Å². The number of nitrogens with one attached hydrogen (secondary N) is 1. The average Bonchev–Trinajstić information content (AvgIpc) is 2.97. The molecule has 4 rings (SSSR count). The highest BCUT2D eigenvalue weighted by atomic mass is 35.5. The van der Waals surface area contributed by atoms with Crippen molar-refractivity contribution in [3.8, 4) is 0 Å². The van der Waals surface area contributed by atoms with E-state index in [0.717, 1.165) is 28.3 Å². The molecule has 1 aliphatic heterocycles. The van der Waals surface area contributed by atoms with Crippen molar-refractivity contribution < 1.29 is 4.39 Å². The number of fused-ring (bicyclic) bond motifs is 3. The van der Waals surface area contributed by atoms with Gasteiger partial charge >= 0.3 is 0 Å². The normalized spacial score (nSPS) is 26.1. The third-order valence-corrected chi connectivity index (χ3v) is 4.91. The monoisotopic (exact) mass is 299 g/mol. The lowest BCUT2D eigenvalue weighted by Gasteiger charge is -2.37. The molecule has 0 saturated heterocycles. The Kier molecular flexibility index (Phi) is 3.00. The minimum Gasteiger partial charge on any atom is -0.378 e. The van der Waals surface area contributed by atoms with Crippen LogP contribution in [-0.4, -0.2) is 0 Å². The van der Waals surface area contributed by atoms with Gasteiger partial charge in [-0.05, 0) is 47.7 Å². The summed E-state index contributed by atoms with van der Waals surface area (Å²) in [7, 11) is 0. The van der Waals surface area contributed by atoms with Crippen LogP contribution in [0.25, 0.3) is 0 Å². The summed E-state index contributed by atoms with van der Waals surface area (Å²) < 4.78 is 13.6. The van der Waals surface area contributed by atoms with E-state index in [-0.39, 0.29) is 17.8 Å². The van der Waals surface area contributed by atoms with Crippen molar-refractivity contribution in [3.63, 3.8) is 0 Å². The molecule has 0 aromatic heterocycles. The van der Waals surface area contributed by atoms with Gasteiger partial charge in [-0.3, -0.25) is 0 Å². The fraction of sp³-hybridized carbons (Fsp3) is 0.222. The van der Waals surface area contributed by atoms with E-state index in [1.807, 2.05) is 24.3 Å². The smallest absolute Gasteiger partial charge is 0.123 e. The first-order valence-electron chi connectivity index (χ1n) is 7.21. The second kappa shape index (κ2) is 4.88. The van der Waals surface area contributed by atoms with E-state index in [1.54, 1.807) is 6.07 Å². The van der Waals surface area contributed by atoms with Gasteiger partial charge in [0.2, 0.25) is 0 Å². The first-order chi connectivity index (χ1) is 10.2. The molecule has 1 nitrogen and oxygen atoms in total. The van der Waals surface area contributed by atoms with Gasteiger partial charge in [0.25, 0.3) is 0 Å². The molecule has 0 radical (unpaired) electrons. The zero-order valence-corrected chi connectivity index (χ0v) is 12.1. The maximum atomic E-state index is 13.6. The van der Waals surface area contributed by atoms with Crippen LogP contribution < -0.4 is 5.32 Å². The first kappa shape index (κ1) is 12.9. The Labute approximate surface area is 128 Å². The largest absolute Gasteiger partial charge is 0.378 e. The van der Waals surface area contributed by atoms with E-state index >= 15 is 0 Å². The number of anilines is 1. The van der Waals surface area contributed by atoms with Crippen LogP contribution in [0.4, 0.5) is 10.1 Å². The summed E-state index contributed by atoms with van der Waals surface area (Å²) in [5, 5.41) is 4.35. The van der Waals surface area contributed by atoms with E-state index in [2.05, 4.69) is 23.5 Å². The van der Waals surface area contributed by atoms with Gasteiger partial charge in [0.05, 0.1) is 6.04 Å². The van der Waals surface area contributed by atoms with Crippen molar-refractivity contribution in [1.82, 2.24) is 0 Å². The van der Waals surface area contributed by atoms with E-state index in [0.29, 0.717) is 5.92 Å². The summed E-state index contributed by atoms with van der Waals surface area (Å²) in [6.45, 7) is 0. The van der Waals surface area contributed by atoms with Gasteiger partial charge in [0.15, 0.2) is 0 Å². The molecule has 0 fully saturated rings. The zero-order chi connectivity index (χ0) is 14.4. The molecular formula is C18H15ClFN. The molecule has 0 bridgehead atoms. The Hall–Kier alpha value is -1.80. The van der Waals surface area contributed by atoms with Crippen LogP contribution in [0, 0.1) is 11.7 Å². The Balaban J connectivity index is 1.82. The molecule has 0 spiro atoms. The van der Waals surface area contributed by atoms with Gasteiger partial charge < -0.3 is 5.32 Å². The molecule has 3 atom stereocenters. The SMILES string of the molecule is Fc1ccc2c(c1)[C@@H]1C=CC[C@@H]1[C@H](c1ccccc1Cl)N2. The highest BCUT2D eigenvalue weighted by Gasteiger charge is 2.38. The van der Waals surface area contributed by atoms with Crippen LogP contribution in [0.5, 0.6) is 0 Å². The van der Waals surface area contributed by atoms with Crippen LogP contribution in [-0.2, 0) is 0 Å². The number of halogens is 2. The molecule has 21 heavy (non-hydrogen) atoms. The van der Waals surface area contributed by atoms with Crippen molar-refractivity contribution >= 4 is 17.3 Å². The highest BCUT2D eigenvalue weighted by Crippen LogP contribution is 2.50. The van der Waals surface area contributed by atoms with E-state index < -0.39 is 0 Å². The van der Waals surface area contributed by atoms with Crippen LogP contribution in [0.2, 0.25) is 5.02 Å². The van der Waals surface area contributed by atoms with Gasteiger partial charge in [0, 0.05) is 16.6 Å². The zero-order valence-electron chi connectivity index (χ0n) is 11.4. The van der Waals surface area contributed by atoms with Crippen LogP contribution >= 0.6 is 11.6 Å². The number of rotatable bonds is 1. The molecule has 106 valence electrons. The third kappa shape index (κ3) is 2.06. The summed E-state index contributed by atoms with van der Waals surface area (Å²) in [5.74, 6) is 0.475. The van der Waals surface area contributed by atoms with E-state index in [1.165, 1.54) is 6.07 Å². The molecule has 0 unspecified atom stereocenters. The summed E-state index contributed by atoms with van der Waals surface area (Å²) in [6.07, 6.45) is 5.39. The highest BCUT2D eigenvalue weighted by molar-refractivity contribution is 6.31. The Morgan fingerprint density at radius 3 is 2.81 bits per heavy atom. The summed E-state index contributed by atoms with van der Waals surface area (Å²) in [6, 6.07) is 13.1. The molecule has 2 aliphatic rings. The number of benzene rings is 2. The minimum atomic E-state index is -0.175. The number of allylic oxidation sites excluding steroid dienone is 2. The third-order valence-electron chi connectivity index (χ3n) is 4.57. The fourth-order valence-electron chi connectivity index (χ4n) is 3.60. The Bertz CT molecular complexity index is 725. The van der Waals surface area contributed by atoms with Gasteiger partial charge in [-0.15, -0.1) is 0 Å². The van der Waals surface area contributed by atoms with Crippen molar-refractivity contribution in [2.45, 2.75) is 18.4 Å². The lowest BCUT2D eigenvalue weighted by molar-refractivity contribution is 0.424. The van der Waals surface area contributed by atoms with Crippen LogP contribution in [0.3, 0.4) is 0 Å². The van der Waals surface area contributed by atoms with Gasteiger partial charge in [0.1, 0.15) is 5.82 Å². The number of hydrogen-bond donors (Lipinski definition) is 1. The standard InChI is InChI=1S/C18H15ClFN/c19-16-7-2-1-4-14(16)18-13-6-3-5-12(13)15-10-11(20)8-9-17(15)21-18/h1-5,7-10,12-13,18,21H,6H2/t12-,13+,18-/m1/s1. The summed E-state index contributed by atoms with van der Waals surface area (Å²) in [4.78, 5) is 0. The molecular weight excluding hydrogens is 285 g/mol.